The average Bonchev–Trinajstić information content (AvgIpc) is 2.40. The van der Waals surface area contributed by atoms with E-state index in [-0.39, 0.29) is 5.43 Å². The molecule has 0 saturated heterocycles. The van der Waals surface area contributed by atoms with E-state index in [4.69, 9.17) is 23.2 Å². The first kappa shape index (κ1) is 14.6. The number of aromatic nitrogens is 1. The minimum absolute atomic E-state index is 0.0830. The normalized spacial score (nSPS) is 11.0. The molecule has 2 heterocycles. The number of hydrogen-bond acceptors (Lipinski definition) is 1. The monoisotopic (exact) mass is 381 g/mol. The van der Waals surface area contributed by atoms with Gasteiger partial charge < -0.3 is 4.40 Å². The molecule has 0 spiro atoms. The van der Waals surface area contributed by atoms with Crippen LogP contribution in [0.3, 0.4) is 0 Å². The van der Waals surface area contributed by atoms with Gasteiger partial charge in [0.25, 0.3) is 0 Å². The van der Waals surface area contributed by atoms with Crippen LogP contribution in [0.5, 0.6) is 0 Å². The van der Waals surface area contributed by atoms with E-state index in [0.717, 1.165) is 21.1 Å². The fourth-order valence-electron chi connectivity index (χ4n) is 2.44. The molecule has 2 aromatic heterocycles. The van der Waals surface area contributed by atoms with E-state index < -0.39 is 0 Å². The van der Waals surface area contributed by atoms with Gasteiger partial charge >= 0.3 is 0 Å². The lowest BCUT2D eigenvalue weighted by molar-refractivity contribution is 1.15. The summed E-state index contributed by atoms with van der Waals surface area (Å²) >= 11 is 16.0. The summed E-state index contributed by atoms with van der Waals surface area (Å²) < 4.78 is 2.58. The molecule has 0 fully saturated rings. The van der Waals surface area contributed by atoms with Crippen molar-refractivity contribution >= 4 is 44.6 Å². The summed E-state index contributed by atoms with van der Waals surface area (Å²) in [6.45, 7) is 1.93. The Morgan fingerprint density at radius 1 is 1.10 bits per heavy atom. The van der Waals surface area contributed by atoms with Crippen LogP contribution in [0.4, 0.5) is 0 Å². The lowest BCUT2D eigenvalue weighted by Crippen LogP contribution is -2.08. The highest BCUT2D eigenvalue weighted by Gasteiger charge is 2.15. The Morgan fingerprint density at radius 2 is 1.86 bits per heavy atom. The second kappa shape index (κ2) is 5.48. The van der Waals surface area contributed by atoms with E-state index in [1.807, 2.05) is 25.1 Å². The van der Waals surface area contributed by atoms with Gasteiger partial charge in [-0.3, -0.25) is 4.79 Å². The van der Waals surface area contributed by atoms with Crippen LogP contribution >= 0.6 is 39.1 Å². The van der Waals surface area contributed by atoms with Gasteiger partial charge in [-0.2, -0.15) is 0 Å². The molecule has 2 nitrogen and oxygen atoms in total. The van der Waals surface area contributed by atoms with Gasteiger partial charge in [-0.1, -0.05) is 51.3 Å². The molecule has 5 heteroatoms. The molecule has 0 radical (unpaired) electrons. The van der Waals surface area contributed by atoms with Crippen molar-refractivity contribution in [2.45, 2.75) is 6.92 Å². The minimum Gasteiger partial charge on any atom is -0.307 e. The minimum atomic E-state index is -0.0830. The topological polar surface area (TPSA) is 21.5 Å². The molecular weight excluding hydrogens is 373 g/mol. The second-order valence-corrected chi connectivity index (χ2v) is 6.45. The maximum atomic E-state index is 12.4. The summed E-state index contributed by atoms with van der Waals surface area (Å²) in [5.74, 6) is 0. The van der Waals surface area contributed by atoms with Gasteiger partial charge in [0, 0.05) is 27.3 Å². The molecule has 0 unspecified atom stereocenters. The molecule has 3 rings (SSSR count). The zero-order chi connectivity index (χ0) is 15.1. The third-order valence-electron chi connectivity index (χ3n) is 3.37. The SMILES string of the molecule is Cc1cccc(Cl)c1-c1c(=O)ccn2c(Cl)cc(Br)cc12. The van der Waals surface area contributed by atoms with Gasteiger partial charge in [0.15, 0.2) is 5.43 Å². The van der Waals surface area contributed by atoms with Crippen LogP contribution < -0.4 is 5.43 Å². The number of benzene rings is 1. The Kier molecular flexibility index (Phi) is 3.82. The van der Waals surface area contributed by atoms with E-state index in [2.05, 4.69) is 15.9 Å². The van der Waals surface area contributed by atoms with Crippen molar-refractivity contribution < 1.29 is 0 Å². The largest absolute Gasteiger partial charge is 0.307 e. The first-order valence-electron chi connectivity index (χ1n) is 6.25. The van der Waals surface area contributed by atoms with Crippen LogP contribution in [0.2, 0.25) is 10.2 Å². The lowest BCUT2D eigenvalue weighted by atomic mass is 9.99. The zero-order valence-electron chi connectivity index (χ0n) is 11.0. The summed E-state index contributed by atoms with van der Waals surface area (Å²) in [5.41, 5.74) is 2.89. The summed E-state index contributed by atoms with van der Waals surface area (Å²) in [5, 5.41) is 1.07. The van der Waals surface area contributed by atoms with Crippen molar-refractivity contribution in [1.29, 1.82) is 0 Å². The van der Waals surface area contributed by atoms with Crippen molar-refractivity contribution in [3.63, 3.8) is 0 Å². The molecule has 0 saturated carbocycles. The van der Waals surface area contributed by atoms with Crippen molar-refractivity contribution in [3.8, 4) is 11.1 Å². The van der Waals surface area contributed by atoms with Crippen molar-refractivity contribution in [3.05, 3.63) is 73.0 Å². The van der Waals surface area contributed by atoms with Crippen LogP contribution in [0.25, 0.3) is 16.6 Å². The number of rotatable bonds is 1. The maximum Gasteiger partial charge on any atom is 0.190 e. The fourth-order valence-corrected chi connectivity index (χ4v) is 3.58. The van der Waals surface area contributed by atoms with Gasteiger partial charge in [0.05, 0.1) is 11.1 Å². The van der Waals surface area contributed by atoms with Crippen LogP contribution in [-0.4, -0.2) is 4.40 Å². The third kappa shape index (κ3) is 2.50. The summed E-state index contributed by atoms with van der Waals surface area (Å²) in [6, 6.07) is 10.7. The van der Waals surface area contributed by atoms with E-state index in [1.54, 1.807) is 22.7 Å². The molecular formula is C16H10BrCl2NO. The van der Waals surface area contributed by atoms with E-state index in [0.29, 0.717) is 15.7 Å². The molecule has 0 atom stereocenters. The number of hydrogen-bond donors (Lipinski definition) is 0. The molecule has 0 aliphatic heterocycles. The fraction of sp³-hybridized carbons (Fsp3) is 0.0625. The predicted molar refractivity (Wildman–Crippen MR) is 91.6 cm³/mol. The Hall–Kier alpha value is -1.29. The number of pyridine rings is 2. The molecule has 0 amide bonds. The quantitative estimate of drug-likeness (QED) is 0.520. The highest BCUT2D eigenvalue weighted by molar-refractivity contribution is 9.10. The molecule has 0 bridgehead atoms. The van der Waals surface area contributed by atoms with Crippen molar-refractivity contribution in [2.75, 3.05) is 0 Å². The van der Waals surface area contributed by atoms with Gasteiger partial charge in [0.2, 0.25) is 0 Å². The van der Waals surface area contributed by atoms with Gasteiger partial charge in [-0.05, 0) is 30.7 Å². The van der Waals surface area contributed by atoms with E-state index in [9.17, 15) is 4.79 Å². The highest BCUT2D eigenvalue weighted by atomic mass is 79.9. The van der Waals surface area contributed by atoms with Gasteiger partial charge in [-0.25, -0.2) is 0 Å². The van der Waals surface area contributed by atoms with Crippen LogP contribution in [-0.2, 0) is 0 Å². The number of nitrogens with zero attached hydrogens (tertiary/aromatic N) is 1. The zero-order valence-corrected chi connectivity index (χ0v) is 14.1. The summed E-state index contributed by atoms with van der Waals surface area (Å²) in [6.07, 6.45) is 1.67. The number of halogens is 3. The van der Waals surface area contributed by atoms with Crippen LogP contribution in [0.15, 0.2) is 51.9 Å². The number of aryl methyl sites for hydroxylation is 1. The van der Waals surface area contributed by atoms with Crippen LogP contribution in [0.1, 0.15) is 5.56 Å². The van der Waals surface area contributed by atoms with E-state index >= 15 is 0 Å². The standard InChI is InChI=1S/C16H10BrCl2NO/c1-9-3-2-4-11(18)15(9)16-12-7-10(17)8-14(19)20(12)6-5-13(16)21/h2-8H,1H3. The summed E-state index contributed by atoms with van der Waals surface area (Å²) in [7, 11) is 0. The van der Waals surface area contributed by atoms with Crippen LogP contribution in [0, 0.1) is 6.92 Å². The molecule has 0 N–H and O–H groups in total. The molecule has 3 aromatic rings. The first-order chi connectivity index (χ1) is 9.99. The summed E-state index contributed by atoms with van der Waals surface area (Å²) in [4.78, 5) is 12.4. The maximum absolute atomic E-state index is 12.4. The molecule has 106 valence electrons. The van der Waals surface area contributed by atoms with Gasteiger partial charge in [-0.15, -0.1) is 0 Å². The Morgan fingerprint density at radius 3 is 2.57 bits per heavy atom. The highest BCUT2D eigenvalue weighted by Crippen LogP contribution is 2.33. The van der Waals surface area contributed by atoms with Gasteiger partial charge in [0.1, 0.15) is 5.15 Å². The Bertz CT molecular complexity index is 898. The number of fused-ring (bicyclic) bond motifs is 1. The first-order valence-corrected chi connectivity index (χ1v) is 7.80. The molecule has 0 aliphatic carbocycles. The van der Waals surface area contributed by atoms with Crippen molar-refractivity contribution in [2.24, 2.45) is 0 Å². The average molecular weight is 383 g/mol. The lowest BCUT2D eigenvalue weighted by Gasteiger charge is -2.13. The Balaban J connectivity index is 2.53. The smallest absolute Gasteiger partial charge is 0.190 e. The van der Waals surface area contributed by atoms with E-state index in [1.165, 1.54) is 6.07 Å². The third-order valence-corrected chi connectivity index (χ3v) is 4.43. The molecule has 1 aromatic carbocycles. The Labute approximate surface area is 140 Å². The molecule has 21 heavy (non-hydrogen) atoms. The second-order valence-electron chi connectivity index (χ2n) is 4.74. The molecule has 0 aliphatic rings. The van der Waals surface area contributed by atoms with Crippen molar-refractivity contribution in [1.82, 2.24) is 4.40 Å². The predicted octanol–water partition coefficient (Wildman–Crippen LogP) is 5.34.